The van der Waals surface area contributed by atoms with Crippen molar-refractivity contribution in [2.24, 2.45) is 0 Å². The smallest absolute Gasteiger partial charge is 0.150 e. The third kappa shape index (κ3) is 2.67. The molecule has 0 aliphatic carbocycles. The van der Waals surface area contributed by atoms with Gasteiger partial charge in [-0.2, -0.15) is 0 Å². The molecular formula is C14H20N2O. The van der Waals surface area contributed by atoms with Gasteiger partial charge in [-0.25, -0.2) is 0 Å². The summed E-state index contributed by atoms with van der Waals surface area (Å²) in [5.41, 5.74) is 3.23. The van der Waals surface area contributed by atoms with E-state index < -0.39 is 0 Å². The predicted octanol–water partition coefficient (Wildman–Crippen LogP) is 1.95. The zero-order chi connectivity index (χ0) is 12.3. The molecule has 0 amide bonds. The number of nitrogens with zero attached hydrogens (tertiary/aromatic N) is 2. The molecule has 1 heterocycles. The Labute approximate surface area is 103 Å². The number of likely N-dealkylation sites (N-methyl/N-ethyl adjacent to an activating group) is 1. The fourth-order valence-corrected chi connectivity index (χ4v) is 2.41. The van der Waals surface area contributed by atoms with E-state index in [0.717, 1.165) is 44.6 Å². The molecule has 1 aliphatic heterocycles. The van der Waals surface area contributed by atoms with E-state index in [0.29, 0.717) is 0 Å². The molecular weight excluding hydrogens is 212 g/mol. The van der Waals surface area contributed by atoms with Crippen LogP contribution in [0.4, 0.5) is 5.69 Å². The van der Waals surface area contributed by atoms with Crippen LogP contribution >= 0.6 is 0 Å². The Bertz CT molecular complexity index is 395. The lowest BCUT2D eigenvalue weighted by Crippen LogP contribution is -2.46. The van der Waals surface area contributed by atoms with Crippen LogP contribution in [0.1, 0.15) is 22.8 Å². The molecule has 3 nitrogen and oxygen atoms in total. The van der Waals surface area contributed by atoms with Crippen molar-refractivity contribution in [3.63, 3.8) is 0 Å². The van der Waals surface area contributed by atoms with Crippen LogP contribution in [0.2, 0.25) is 0 Å². The van der Waals surface area contributed by atoms with E-state index in [1.54, 1.807) is 0 Å². The van der Waals surface area contributed by atoms with Crippen molar-refractivity contribution >= 4 is 12.0 Å². The topological polar surface area (TPSA) is 23.6 Å². The van der Waals surface area contributed by atoms with Crippen LogP contribution in [-0.2, 0) is 0 Å². The van der Waals surface area contributed by atoms with E-state index in [1.165, 1.54) is 11.3 Å². The van der Waals surface area contributed by atoms with Crippen molar-refractivity contribution in [1.29, 1.82) is 0 Å². The third-order valence-corrected chi connectivity index (χ3v) is 3.52. The van der Waals surface area contributed by atoms with Crippen LogP contribution in [0.25, 0.3) is 0 Å². The predicted molar refractivity (Wildman–Crippen MR) is 70.9 cm³/mol. The van der Waals surface area contributed by atoms with E-state index in [9.17, 15) is 4.79 Å². The summed E-state index contributed by atoms with van der Waals surface area (Å²) in [6, 6.07) is 5.94. The lowest BCUT2D eigenvalue weighted by atomic mass is 10.1. The monoisotopic (exact) mass is 232 g/mol. The molecule has 1 aromatic carbocycles. The first-order valence-corrected chi connectivity index (χ1v) is 6.27. The fraction of sp³-hybridized carbons (Fsp3) is 0.500. The van der Waals surface area contributed by atoms with E-state index in [-0.39, 0.29) is 0 Å². The molecule has 17 heavy (non-hydrogen) atoms. The van der Waals surface area contributed by atoms with Crippen LogP contribution in [0.5, 0.6) is 0 Å². The molecule has 0 aromatic heterocycles. The van der Waals surface area contributed by atoms with Gasteiger partial charge >= 0.3 is 0 Å². The van der Waals surface area contributed by atoms with Crippen LogP contribution in [0, 0.1) is 6.92 Å². The highest BCUT2D eigenvalue weighted by molar-refractivity contribution is 5.77. The molecule has 1 saturated heterocycles. The molecule has 0 spiro atoms. The lowest BCUT2D eigenvalue weighted by molar-refractivity contribution is 0.112. The van der Waals surface area contributed by atoms with Gasteiger partial charge in [-0.1, -0.05) is 6.92 Å². The summed E-state index contributed by atoms with van der Waals surface area (Å²) in [4.78, 5) is 15.6. The van der Waals surface area contributed by atoms with Crippen molar-refractivity contribution in [1.82, 2.24) is 4.90 Å². The highest BCUT2D eigenvalue weighted by Crippen LogP contribution is 2.22. The number of anilines is 1. The van der Waals surface area contributed by atoms with Gasteiger partial charge in [0.25, 0.3) is 0 Å². The normalized spacial score (nSPS) is 17.2. The second-order valence-corrected chi connectivity index (χ2v) is 4.59. The maximum absolute atomic E-state index is 10.7. The number of aldehydes is 1. The molecule has 3 heteroatoms. The van der Waals surface area contributed by atoms with Crippen LogP contribution in [0.3, 0.4) is 0 Å². The number of aryl methyl sites for hydroxylation is 1. The Kier molecular flexibility index (Phi) is 3.79. The van der Waals surface area contributed by atoms with Gasteiger partial charge in [0, 0.05) is 37.4 Å². The second kappa shape index (κ2) is 5.32. The summed E-state index contributed by atoms with van der Waals surface area (Å²) in [6.07, 6.45) is 0.909. The van der Waals surface area contributed by atoms with Crippen molar-refractivity contribution in [2.45, 2.75) is 13.8 Å². The number of piperazine rings is 1. The molecule has 0 bridgehead atoms. The summed E-state index contributed by atoms with van der Waals surface area (Å²) >= 11 is 0. The molecule has 1 aromatic rings. The van der Waals surface area contributed by atoms with Crippen molar-refractivity contribution in [2.75, 3.05) is 37.6 Å². The second-order valence-electron chi connectivity index (χ2n) is 4.59. The average Bonchev–Trinajstić information content (AvgIpc) is 2.39. The Hall–Kier alpha value is -1.35. The maximum Gasteiger partial charge on any atom is 0.150 e. The van der Waals surface area contributed by atoms with E-state index in [4.69, 9.17) is 0 Å². The number of benzene rings is 1. The molecule has 0 unspecified atom stereocenters. The van der Waals surface area contributed by atoms with Gasteiger partial charge < -0.3 is 9.80 Å². The number of carbonyl (C=O) groups excluding carboxylic acids is 1. The molecule has 0 radical (unpaired) electrons. The number of rotatable bonds is 3. The minimum absolute atomic E-state index is 0.762. The maximum atomic E-state index is 10.7. The van der Waals surface area contributed by atoms with Crippen molar-refractivity contribution in [3.05, 3.63) is 29.3 Å². The highest BCUT2D eigenvalue weighted by Gasteiger charge is 2.16. The molecule has 0 N–H and O–H groups in total. The van der Waals surface area contributed by atoms with Gasteiger partial charge in [0.05, 0.1) is 0 Å². The van der Waals surface area contributed by atoms with Crippen LogP contribution < -0.4 is 4.90 Å². The SMILES string of the molecule is CCN1CCN(c2ccc(C=O)cc2C)CC1. The van der Waals surface area contributed by atoms with Crippen LogP contribution in [0.15, 0.2) is 18.2 Å². The first-order chi connectivity index (χ1) is 8.24. The Morgan fingerprint density at radius 3 is 2.47 bits per heavy atom. The molecule has 92 valence electrons. The van der Waals surface area contributed by atoms with Gasteiger partial charge in [-0.15, -0.1) is 0 Å². The Morgan fingerprint density at radius 1 is 1.24 bits per heavy atom. The molecule has 2 rings (SSSR count). The first-order valence-electron chi connectivity index (χ1n) is 6.27. The lowest BCUT2D eigenvalue weighted by Gasteiger charge is -2.36. The molecule has 1 aliphatic rings. The summed E-state index contributed by atoms with van der Waals surface area (Å²) in [7, 11) is 0. The van der Waals surface area contributed by atoms with Crippen LogP contribution in [-0.4, -0.2) is 43.9 Å². The van der Waals surface area contributed by atoms with E-state index >= 15 is 0 Å². The summed E-state index contributed by atoms with van der Waals surface area (Å²) in [6.45, 7) is 9.84. The summed E-state index contributed by atoms with van der Waals surface area (Å²) < 4.78 is 0. The quantitative estimate of drug-likeness (QED) is 0.744. The Balaban J connectivity index is 2.10. The fourth-order valence-electron chi connectivity index (χ4n) is 2.41. The van der Waals surface area contributed by atoms with Gasteiger partial charge in [0.1, 0.15) is 6.29 Å². The van der Waals surface area contributed by atoms with Crippen molar-refractivity contribution < 1.29 is 4.79 Å². The number of carbonyl (C=O) groups is 1. The molecule has 1 fully saturated rings. The van der Waals surface area contributed by atoms with E-state index in [2.05, 4.69) is 29.7 Å². The number of hydrogen-bond acceptors (Lipinski definition) is 3. The highest BCUT2D eigenvalue weighted by atomic mass is 16.1. The minimum atomic E-state index is 0.762. The first kappa shape index (κ1) is 12.1. The average molecular weight is 232 g/mol. The van der Waals surface area contributed by atoms with Gasteiger partial charge in [-0.05, 0) is 37.2 Å². The van der Waals surface area contributed by atoms with E-state index in [1.807, 2.05) is 12.1 Å². The zero-order valence-corrected chi connectivity index (χ0v) is 10.6. The zero-order valence-electron chi connectivity index (χ0n) is 10.6. The largest absolute Gasteiger partial charge is 0.369 e. The summed E-state index contributed by atoms with van der Waals surface area (Å²) in [5, 5.41) is 0. The van der Waals surface area contributed by atoms with Gasteiger partial charge in [-0.3, -0.25) is 4.79 Å². The standard InChI is InChI=1S/C14H20N2O/c1-3-15-6-8-16(9-7-15)14-5-4-13(11-17)10-12(14)2/h4-5,10-11H,3,6-9H2,1-2H3. The van der Waals surface area contributed by atoms with Crippen molar-refractivity contribution in [3.8, 4) is 0 Å². The summed E-state index contributed by atoms with van der Waals surface area (Å²) in [5.74, 6) is 0. The van der Waals surface area contributed by atoms with Gasteiger partial charge in [0.15, 0.2) is 0 Å². The molecule has 0 saturated carbocycles. The number of hydrogen-bond donors (Lipinski definition) is 0. The minimum Gasteiger partial charge on any atom is -0.369 e. The van der Waals surface area contributed by atoms with Gasteiger partial charge in [0.2, 0.25) is 0 Å². The Morgan fingerprint density at radius 2 is 1.94 bits per heavy atom. The third-order valence-electron chi connectivity index (χ3n) is 3.52. The molecule has 0 atom stereocenters.